The third kappa shape index (κ3) is 5.08. The molecule has 1 heterocycles. The Morgan fingerprint density at radius 3 is 2.22 bits per heavy atom. The van der Waals surface area contributed by atoms with Crippen molar-refractivity contribution in [3.8, 4) is 17.0 Å². The molecule has 2 N–H and O–H groups in total. The number of benzene rings is 5. The molecule has 4 heteroatoms. The lowest BCUT2D eigenvalue weighted by molar-refractivity contribution is 0.0118. The first kappa shape index (κ1) is 26.7. The van der Waals surface area contributed by atoms with Crippen molar-refractivity contribution in [2.45, 2.75) is 17.9 Å². The van der Waals surface area contributed by atoms with E-state index in [1.165, 1.54) is 0 Å². The molecule has 204 valence electrons. The normalized spacial score (nSPS) is 13.6. The lowest BCUT2D eigenvalue weighted by Crippen LogP contribution is -2.37. The van der Waals surface area contributed by atoms with Gasteiger partial charge in [0.2, 0.25) is 5.88 Å². The summed E-state index contributed by atoms with van der Waals surface area (Å²) in [4.78, 5) is 4.98. The maximum atomic E-state index is 13.1. The van der Waals surface area contributed by atoms with Gasteiger partial charge in [-0.25, -0.2) is 4.98 Å². The van der Waals surface area contributed by atoms with Crippen LogP contribution in [0.2, 0.25) is 0 Å². The van der Waals surface area contributed by atoms with Crippen LogP contribution < -0.4 is 10.1 Å². The van der Waals surface area contributed by atoms with E-state index >= 15 is 0 Å². The van der Waals surface area contributed by atoms with Crippen LogP contribution in [0.1, 0.15) is 29.0 Å². The molecule has 0 spiro atoms. The number of methoxy groups -OCH3 is 1. The first-order valence-electron chi connectivity index (χ1n) is 14.1. The largest absolute Gasteiger partial charge is 0.481 e. The summed E-state index contributed by atoms with van der Waals surface area (Å²) < 4.78 is 5.96. The molecule has 0 amide bonds. The van der Waals surface area contributed by atoms with Crippen LogP contribution in [0.3, 0.4) is 0 Å². The molecule has 0 aliphatic heterocycles. The number of nitrogens with zero attached hydrogens (tertiary/aromatic N) is 1. The monoisotopic (exact) mass is 538 g/mol. The molecule has 1 aromatic heterocycles. The second-order valence-corrected chi connectivity index (χ2v) is 10.5. The zero-order valence-corrected chi connectivity index (χ0v) is 23.4. The average molecular weight is 539 g/mol. The molecule has 2 unspecified atom stereocenters. The second kappa shape index (κ2) is 11.5. The van der Waals surface area contributed by atoms with Gasteiger partial charge in [-0.3, -0.25) is 0 Å². The van der Waals surface area contributed by atoms with E-state index in [2.05, 4.69) is 84.2 Å². The van der Waals surface area contributed by atoms with Crippen molar-refractivity contribution in [1.29, 1.82) is 0 Å². The summed E-state index contributed by atoms with van der Waals surface area (Å²) in [6, 6.07) is 43.5. The van der Waals surface area contributed by atoms with Crippen LogP contribution in [-0.2, 0) is 5.60 Å². The number of nitrogens with one attached hydrogen (secondary N) is 1. The Bertz CT molecular complexity index is 1780. The highest BCUT2D eigenvalue weighted by Crippen LogP contribution is 2.48. The summed E-state index contributed by atoms with van der Waals surface area (Å²) in [7, 11) is 3.58. The third-order valence-corrected chi connectivity index (χ3v) is 8.04. The molecular weight excluding hydrogens is 504 g/mol. The first-order chi connectivity index (χ1) is 20.1. The molecular formula is C37H34N2O2. The Morgan fingerprint density at radius 2 is 1.46 bits per heavy atom. The van der Waals surface area contributed by atoms with Gasteiger partial charge in [0.05, 0.1) is 12.6 Å². The minimum absolute atomic E-state index is 0.449. The molecule has 41 heavy (non-hydrogen) atoms. The van der Waals surface area contributed by atoms with Crippen molar-refractivity contribution in [1.82, 2.24) is 10.3 Å². The summed E-state index contributed by atoms with van der Waals surface area (Å²) >= 11 is 0. The number of fused-ring (bicyclic) bond motifs is 2. The van der Waals surface area contributed by atoms with Gasteiger partial charge in [0.25, 0.3) is 0 Å². The number of aliphatic hydroxyl groups is 1. The van der Waals surface area contributed by atoms with E-state index in [1.807, 2.05) is 55.6 Å². The van der Waals surface area contributed by atoms with E-state index in [4.69, 9.17) is 9.72 Å². The van der Waals surface area contributed by atoms with Gasteiger partial charge >= 0.3 is 0 Å². The van der Waals surface area contributed by atoms with E-state index < -0.39 is 11.5 Å². The summed E-state index contributed by atoms with van der Waals surface area (Å²) in [6.45, 7) is 0.629. The fraction of sp³-hybridized carbons (Fsp3) is 0.162. The highest BCUT2D eigenvalue weighted by atomic mass is 16.5. The van der Waals surface area contributed by atoms with Gasteiger partial charge in [-0.1, -0.05) is 109 Å². The Hall–Kier alpha value is -4.51. The predicted molar refractivity (Wildman–Crippen MR) is 168 cm³/mol. The molecule has 0 aliphatic carbocycles. The maximum absolute atomic E-state index is 13.1. The van der Waals surface area contributed by atoms with Crippen LogP contribution >= 0.6 is 0 Å². The number of hydrogen-bond acceptors (Lipinski definition) is 4. The van der Waals surface area contributed by atoms with Gasteiger partial charge in [0.15, 0.2) is 0 Å². The van der Waals surface area contributed by atoms with Gasteiger partial charge in [0, 0.05) is 16.9 Å². The lowest BCUT2D eigenvalue weighted by Gasteiger charge is -2.39. The van der Waals surface area contributed by atoms with Gasteiger partial charge in [-0.05, 0) is 71.2 Å². The summed E-state index contributed by atoms with van der Waals surface area (Å²) in [5.74, 6) is 0.0667. The van der Waals surface area contributed by atoms with Gasteiger partial charge in [-0.2, -0.15) is 0 Å². The van der Waals surface area contributed by atoms with E-state index in [0.717, 1.165) is 49.5 Å². The van der Waals surface area contributed by atoms with Crippen molar-refractivity contribution in [3.63, 3.8) is 0 Å². The van der Waals surface area contributed by atoms with Gasteiger partial charge in [-0.15, -0.1) is 0 Å². The maximum Gasteiger partial charge on any atom is 0.217 e. The van der Waals surface area contributed by atoms with Crippen molar-refractivity contribution in [3.05, 3.63) is 144 Å². The first-order valence-corrected chi connectivity index (χ1v) is 14.1. The van der Waals surface area contributed by atoms with Crippen LogP contribution in [0, 0.1) is 0 Å². The number of pyridine rings is 1. The summed E-state index contributed by atoms with van der Waals surface area (Å²) in [5.41, 5.74) is 4.58. The standard InChI is InChI=1S/C37H34N2O2/c1-38-23-22-37(40,33-19-11-17-27-14-9-10-18-31(27)33)35(28-15-7-4-8-16-28)32-25-30-24-29(26-12-5-3-6-13-26)20-21-34(30)39-36(32)41-2/h3-21,24-25,35,38,40H,22-23H2,1-2H3. The number of rotatable bonds is 9. The fourth-order valence-electron chi connectivity index (χ4n) is 6.07. The molecule has 6 aromatic rings. The summed E-state index contributed by atoms with van der Waals surface area (Å²) in [5, 5.41) is 19.5. The SMILES string of the molecule is CNCCC(O)(c1cccc2ccccc12)C(c1ccccc1)c1cc2cc(-c3ccccc3)ccc2nc1OC. The third-order valence-electron chi connectivity index (χ3n) is 8.04. The zero-order valence-electron chi connectivity index (χ0n) is 23.4. The summed E-state index contributed by atoms with van der Waals surface area (Å²) in [6.07, 6.45) is 0.488. The Kier molecular flexibility index (Phi) is 7.51. The molecule has 0 radical (unpaired) electrons. The smallest absolute Gasteiger partial charge is 0.217 e. The van der Waals surface area contributed by atoms with E-state index in [1.54, 1.807) is 7.11 Å². The molecule has 0 fully saturated rings. The molecule has 4 nitrogen and oxygen atoms in total. The zero-order chi connectivity index (χ0) is 28.2. The minimum Gasteiger partial charge on any atom is -0.481 e. The minimum atomic E-state index is -1.27. The molecule has 0 saturated carbocycles. The Balaban J connectivity index is 1.63. The average Bonchev–Trinajstić information content (AvgIpc) is 3.04. The number of hydrogen-bond donors (Lipinski definition) is 2. The lowest BCUT2D eigenvalue weighted by atomic mass is 9.70. The van der Waals surface area contributed by atoms with Crippen LogP contribution in [-0.4, -0.2) is 30.8 Å². The van der Waals surface area contributed by atoms with Gasteiger partial charge in [0.1, 0.15) is 5.60 Å². The predicted octanol–water partition coefficient (Wildman–Crippen LogP) is 7.69. The van der Waals surface area contributed by atoms with E-state index in [0.29, 0.717) is 18.8 Å². The van der Waals surface area contributed by atoms with Crippen molar-refractivity contribution >= 4 is 21.7 Å². The van der Waals surface area contributed by atoms with E-state index in [-0.39, 0.29) is 0 Å². The van der Waals surface area contributed by atoms with Crippen LogP contribution in [0.15, 0.2) is 127 Å². The highest BCUT2D eigenvalue weighted by molar-refractivity contribution is 5.88. The van der Waals surface area contributed by atoms with Crippen LogP contribution in [0.25, 0.3) is 32.8 Å². The second-order valence-electron chi connectivity index (χ2n) is 10.5. The topological polar surface area (TPSA) is 54.4 Å². The molecule has 0 bridgehead atoms. The Labute approximate surface area is 241 Å². The Morgan fingerprint density at radius 1 is 0.756 bits per heavy atom. The fourth-order valence-corrected chi connectivity index (χ4v) is 6.07. The van der Waals surface area contributed by atoms with Gasteiger partial charge < -0.3 is 15.2 Å². The molecule has 0 saturated heterocycles. The molecule has 0 aliphatic rings. The van der Waals surface area contributed by atoms with Crippen molar-refractivity contribution < 1.29 is 9.84 Å². The quantitative estimate of drug-likeness (QED) is 0.198. The molecule has 5 aromatic carbocycles. The number of ether oxygens (including phenoxy) is 1. The number of aromatic nitrogens is 1. The van der Waals surface area contributed by atoms with Crippen LogP contribution in [0.5, 0.6) is 5.88 Å². The van der Waals surface area contributed by atoms with E-state index in [9.17, 15) is 5.11 Å². The van der Waals surface area contributed by atoms with Crippen molar-refractivity contribution in [2.24, 2.45) is 0 Å². The van der Waals surface area contributed by atoms with Crippen molar-refractivity contribution in [2.75, 3.05) is 20.7 Å². The molecule has 6 rings (SSSR count). The van der Waals surface area contributed by atoms with Crippen LogP contribution in [0.4, 0.5) is 0 Å². The highest BCUT2D eigenvalue weighted by Gasteiger charge is 2.43. The molecule has 2 atom stereocenters.